The number of esters is 1. The van der Waals surface area contributed by atoms with Gasteiger partial charge in [-0.2, -0.15) is 0 Å². The molecule has 1 saturated heterocycles. The van der Waals surface area contributed by atoms with Gasteiger partial charge in [-0.15, -0.1) is 0 Å². The van der Waals surface area contributed by atoms with Gasteiger partial charge in [-0.1, -0.05) is 12.1 Å². The highest BCUT2D eigenvalue weighted by atomic mass is 16.5. The van der Waals surface area contributed by atoms with Crippen molar-refractivity contribution in [2.75, 3.05) is 13.7 Å². The number of carbonyl (C=O) groups is 4. The predicted octanol–water partition coefficient (Wildman–Crippen LogP) is 2.02. The number of carboxylic acid groups (broad SMARTS) is 1. The number of furan rings is 1. The highest BCUT2D eigenvalue weighted by Gasteiger charge is 2.35. The van der Waals surface area contributed by atoms with Crippen LogP contribution in [0.15, 0.2) is 40.4 Å². The van der Waals surface area contributed by atoms with Gasteiger partial charge in [0.25, 0.3) is 5.91 Å². The van der Waals surface area contributed by atoms with Crippen LogP contribution in [0.5, 0.6) is 0 Å². The van der Waals surface area contributed by atoms with Gasteiger partial charge in [-0.25, -0.2) is 14.5 Å². The number of nitrogens with one attached hydrogen (secondary N) is 1. The van der Waals surface area contributed by atoms with Crippen molar-refractivity contribution in [2.45, 2.75) is 6.92 Å². The summed E-state index contributed by atoms with van der Waals surface area (Å²) in [6, 6.07) is 7.30. The van der Waals surface area contributed by atoms with E-state index in [4.69, 9.17) is 4.42 Å². The normalized spacial score (nSPS) is 15.1. The Labute approximate surface area is 159 Å². The molecule has 1 aliphatic heterocycles. The topological polar surface area (TPSA) is 126 Å². The van der Waals surface area contributed by atoms with Gasteiger partial charge in [0.15, 0.2) is 0 Å². The van der Waals surface area contributed by atoms with Crippen molar-refractivity contribution in [3.8, 4) is 11.3 Å². The van der Waals surface area contributed by atoms with Crippen molar-refractivity contribution in [1.29, 1.82) is 0 Å². The van der Waals surface area contributed by atoms with Crippen LogP contribution < -0.4 is 5.32 Å². The Bertz CT molecular complexity index is 1020. The van der Waals surface area contributed by atoms with Crippen molar-refractivity contribution < 1.29 is 33.4 Å². The average Bonchev–Trinajstić information content (AvgIpc) is 3.22. The maximum Gasteiger partial charge on any atom is 0.335 e. The molecule has 9 nitrogen and oxygen atoms in total. The number of urea groups is 1. The number of nitrogens with zero attached hydrogens (tertiary/aromatic N) is 1. The number of carbonyl (C=O) groups excluding carboxylic acids is 3. The van der Waals surface area contributed by atoms with Crippen LogP contribution in [0.3, 0.4) is 0 Å². The Morgan fingerprint density at radius 2 is 2.00 bits per heavy atom. The lowest BCUT2D eigenvalue weighted by Gasteiger charge is -2.08. The summed E-state index contributed by atoms with van der Waals surface area (Å²) in [6.45, 7) is 1.17. The minimum atomic E-state index is -1.04. The fraction of sp³-hybridized carbons (Fsp3) is 0.158. The Morgan fingerprint density at radius 1 is 1.25 bits per heavy atom. The number of ether oxygens (including phenoxy) is 1. The van der Waals surface area contributed by atoms with Crippen molar-refractivity contribution in [3.63, 3.8) is 0 Å². The van der Waals surface area contributed by atoms with Gasteiger partial charge in [0.1, 0.15) is 23.8 Å². The van der Waals surface area contributed by atoms with Crippen molar-refractivity contribution in [2.24, 2.45) is 0 Å². The summed E-state index contributed by atoms with van der Waals surface area (Å²) in [5.41, 5.74) is 1.24. The average molecular weight is 384 g/mol. The first-order valence-electron chi connectivity index (χ1n) is 8.16. The first-order valence-corrected chi connectivity index (χ1v) is 8.16. The number of hydrogen-bond donors (Lipinski definition) is 2. The molecule has 0 saturated carbocycles. The van der Waals surface area contributed by atoms with Crippen molar-refractivity contribution in [3.05, 3.63) is 52.9 Å². The highest BCUT2D eigenvalue weighted by Crippen LogP contribution is 2.28. The van der Waals surface area contributed by atoms with Gasteiger partial charge in [-0.05, 0) is 30.7 Å². The highest BCUT2D eigenvalue weighted by molar-refractivity contribution is 6.15. The van der Waals surface area contributed by atoms with Crippen molar-refractivity contribution in [1.82, 2.24) is 10.2 Å². The lowest BCUT2D eigenvalue weighted by atomic mass is 10.0. The minimum absolute atomic E-state index is 0.0502. The third-order valence-electron chi connectivity index (χ3n) is 4.22. The molecule has 2 N–H and O–H groups in total. The number of rotatable bonds is 5. The third kappa shape index (κ3) is 3.50. The molecule has 0 radical (unpaired) electrons. The molecule has 0 bridgehead atoms. The van der Waals surface area contributed by atoms with Gasteiger partial charge < -0.3 is 19.6 Å². The predicted molar refractivity (Wildman–Crippen MR) is 96.1 cm³/mol. The first-order chi connectivity index (χ1) is 13.3. The molecule has 0 unspecified atom stereocenters. The SMILES string of the molecule is COC(=O)CN1C(=O)NC(=Cc2ccc(-c3cccc(C(=O)O)c3C)o2)C1=O. The third-order valence-corrected chi connectivity index (χ3v) is 4.22. The number of amides is 3. The Morgan fingerprint density at radius 3 is 2.68 bits per heavy atom. The van der Waals surface area contributed by atoms with Crippen LogP contribution in [0.4, 0.5) is 4.79 Å². The summed E-state index contributed by atoms with van der Waals surface area (Å²) in [7, 11) is 1.16. The molecular formula is C19H16N2O7. The van der Waals surface area contributed by atoms with E-state index in [0.29, 0.717) is 16.9 Å². The minimum Gasteiger partial charge on any atom is -0.478 e. The fourth-order valence-corrected chi connectivity index (χ4v) is 2.76. The molecule has 2 aromatic rings. The van der Waals surface area contributed by atoms with E-state index in [1.165, 1.54) is 12.1 Å². The lowest BCUT2D eigenvalue weighted by Crippen LogP contribution is -2.36. The first kappa shape index (κ1) is 18.9. The number of benzene rings is 1. The summed E-state index contributed by atoms with van der Waals surface area (Å²) in [6.07, 6.45) is 1.33. The van der Waals surface area contributed by atoms with Gasteiger partial charge in [-0.3, -0.25) is 9.59 Å². The fourth-order valence-electron chi connectivity index (χ4n) is 2.76. The second kappa shape index (κ2) is 7.39. The molecule has 0 atom stereocenters. The smallest absolute Gasteiger partial charge is 0.335 e. The van der Waals surface area contributed by atoms with E-state index in [1.54, 1.807) is 31.2 Å². The molecule has 0 spiro atoms. The Hall–Kier alpha value is -3.88. The van der Waals surface area contributed by atoms with Crippen LogP contribution in [-0.2, 0) is 14.3 Å². The second-order valence-corrected chi connectivity index (χ2v) is 5.94. The van der Waals surface area contributed by atoms with Crippen LogP contribution in [-0.4, -0.2) is 47.5 Å². The maximum absolute atomic E-state index is 12.3. The van der Waals surface area contributed by atoms with Crippen LogP contribution in [0, 0.1) is 6.92 Å². The zero-order chi connectivity index (χ0) is 20.4. The molecule has 1 fully saturated rings. The Balaban J connectivity index is 1.87. The zero-order valence-electron chi connectivity index (χ0n) is 15.0. The van der Waals surface area contributed by atoms with Crippen LogP contribution >= 0.6 is 0 Å². The van der Waals surface area contributed by atoms with E-state index in [2.05, 4.69) is 10.1 Å². The summed E-state index contributed by atoms with van der Waals surface area (Å²) in [4.78, 5) is 47.5. The summed E-state index contributed by atoms with van der Waals surface area (Å²) in [5.74, 6) is -1.76. The molecule has 9 heteroatoms. The van der Waals surface area contributed by atoms with Gasteiger partial charge >= 0.3 is 18.0 Å². The van der Waals surface area contributed by atoms with E-state index in [9.17, 15) is 24.3 Å². The number of carboxylic acids is 1. The summed E-state index contributed by atoms with van der Waals surface area (Å²) >= 11 is 0. The van der Waals surface area contributed by atoms with E-state index in [1.807, 2.05) is 0 Å². The number of aromatic carboxylic acids is 1. The maximum atomic E-state index is 12.3. The quantitative estimate of drug-likeness (QED) is 0.459. The molecule has 1 aliphatic rings. The number of hydrogen-bond acceptors (Lipinski definition) is 6. The lowest BCUT2D eigenvalue weighted by molar-refractivity contribution is -0.143. The zero-order valence-corrected chi connectivity index (χ0v) is 15.0. The molecule has 1 aromatic heterocycles. The molecule has 144 valence electrons. The van der Waals surface area contributed by atoms with Crippen molar-refractivity contribution >= 4 is 30.0 Å². The molecule has 1 aromatic carbocycles. The molecular weight excluding hydrogens is 368 g/mol. The van der Waals surface area contributed by atoms with Gasteiger partial charge in [0.05, 0.1) is 12.7 Å². The van der Waals surface area contributed by atoms with E-state index < -0.39 is 30.4 Å². The second-order valence-electron chi connectivity index (χ2n) is 5.94. The molecule has 3 amide bonds. The molecule has 28 heavy (non-hydrogen) atoms. The molecule has 2 heterocycles. The monoisotopic (exact) mass is 384 g/mol. The van der Waals surface area contributed by atoms with Crippen LogP contribution in [0.25, 0.3) is 17.4 Å². The van der Waals surface area contributed by atoms with Crippen LogP contribution in [0.2, 0.25) is 0 Å². The summed E-state index contributed by atoms with van der Waals surface area (Å²) < 4.78 is 10.1. The number of imide groups is 1. The Kier molecular flexibility index (Phi) is 4.99. The van der Waals surface area contributed by atoms with Gasteiger partial charge in [0.2, 0.25) is 0 Å². The molecule has 0 aliphatic carbocycles. The van der Waals surface area contributed by atoms with Gasteiger partial charge in [0, 0.05) is 11.6 Å². The standard InChI is InChI=1S/C19H16N2O7/c1-10-12(4-3-5-13(10)18(24)25)15-7-6-11(28-15)8-14-17(23)21(19(26)20-14)9-16(22)27-2/h3-8H,9H2,1-2H3,(H,20,26)(H,24,25). The molecule has 3 rings (SSSR count). The van der Waals surface area contributed by atoms with E-state index in [0.717, 1.165) is 12.0 Å². The van der Waals surface area contributed by atoms with Crippen LogP contribution in [0.1, 0.15) is 21.7 Å². The number of methoxy groups -OCH3 is 1. The largest absolute Gasteiger partial charge is 0.478 e. The summed E-state index contributed by atoms with van der Waals surface area (Å²) in [5, 5.41) is 11.6. The van der Waals surface area contributed by atoms with E-state index in [-0.39, 0.29) is 17.0 Å². The van der Waals surface area contributed by atoms with E-state index >= 15 is 0 Å².